The van der Waals surface area contributed by atoms with Gasteiger partial charge in [0.2, 0.25) is 0 Å². The van der Waals surface area contributed by atoms with Crippen LogP contribution in [0.4, 0.5) is 0 Å². The van der Waals surface area contributed by atoms with Crippen LogP contribution in [0.3, 0.4) is 0 Å². The van der Waals surface area contributed by atoms with Gasteiger partial charge in [0.1, 0.15) is 0 Å². The second-order valence-electron chi connectivity index (χ2n) is 4.03. The number of hydrogen-bond donors (Lipinski definition) is 2. The Morgan fingerprint density at radius 2 is 1.71 bits per heavy atom. The average molecular weight is 224 g/mol. The summed E-state index contributed by atoms with van der Waals surface area (Å²) in [6.45, 7) is 8.50. The van der Waals surface area contributed by atoms with E-state index in [1.165, 1.54) is 0 Å². The zero-order valence-electron chi connectivity index (χ0n) is 9.20. The predicted molar refractivity (Wildman–Crippen MR) is 55.7 cm³/mol. The van der Waals surface area contributed by atoms with E-state index >= 15 is 0 Å². The van der Waals surface area contributed by atoms with Crippen molar-refractivity contribution in [3.8, 4) is 0 Å². The Labute approximate surface area is 86.4 Å². The molecule has 86 valence electrons. The number of hydrogen-bond acceptors (Lipinski definition) is 3. The van der Waals surface area contributed by atoms with Gasteiger partial charge in [0.25, 0.3) is 10.2 Å². The van der Waals surface area contributed by atoms with Crippen molar-refractivity contribution in [2.75, 3.05) is 13.2 Å². The molecule has 2 N–H and O–H groups in total. The van der Waals surface area contributed by atoms with Crippen molar-refractivity contribution < 1.29 is 13.3 Å². The van der Waals surface area contributed by atoms with Crippen LogP contribution in [0.1, 0.15) is 27.7 Å². The molecule has 0 aliphatic heterocycles. The summed E-state index contributed by atoms with van der Waals surface area (Å²) < 4.78 is 24.7. The summed E-state index contributed by atoms with van der Waals surface area (Å²) in [7, 11) is -3.49. The molecular weight excluding hydrogens is 204 g/mol. The molecule has 0 radical (unpaired) electrons. The molecule has 0 fully saturated rings. The fourth-order valence-electron chi connectivity index (χ4n) is 0.584. The molecule has 14 heavy (non-hydrogen) atoms. The van der Waals surface area contributed by atoms with Crippen molar-refractivity contribution in [2.24, 2.45) is 11.8 Å². The normalized spacial score (nSPS) is 12.7. The Morgan fingerprint density at radius 1 is 1.14 bits per heavy atom. The molecule has 0 aromatic carbocycles. The molecule has 0 aliphatic carbocycles. The van der Waals surface area contributed by atoms with E-state index in [1.54, 1.807) is 0 Å². The highest BCUT2D eigenvalue weighted by Crippen LogP contribution is 1.92. The van der Waals surface area contributed by atoms with E-state index < -0.39 is 10.2 Å². The Kier molecular flexibility index (Phi) is 6.26. The van der Waals surface area contributed by atoms with Gasteiger partial charge in [-0.25, -0.2) is 4.72 Å². The molecule has 0 bridgehead atoms. The average Bonchev–Trinajstić information content (AvgIpc) is 2.00. The first-order valence-corrected chi connectivity index (χ1v) is 6.20. The molecule has 6 heteroatoms. The molecule has 0 aliphatic rings. The summed E-state index contributed by atoms with van der Waals surface area (Å²) in [6.07, 6.45) is 0. The van der Waals surface area contributed by atoms with E-state index in [4.69, 9.17) is 4.84 Å². The van der Waals surface area contributed by atoms with Crippen LogP contribution in [0.5, 0.6) is 0 Å². The largest absolute Gasteiger partial charge is 0.299 e. The smallest absolute Gasteiger partial charge is 0.286 e. The fraction of sp³-hybridized carbons (Fsp3) is 1.00. The molecular formula is C8H20N2O3S. The quantitative estimate of drug-likeness (QED) is 0.624. The standard InChI is InChI=1S/C8H20N2O3S/c1-7(2)5-9-14(11,12)10-13-6-8(3)4/h7-10H,5-6H2,1-4H3. The van der Waals surface area contributed by atoms with Crippen molar-refractivity contribution >= 4 is 10.2 Å². The van der Waals surface area contributed by atoms with E-state index in [-0.39, 0.29) is 5.92 Å². The lowest BCUT2D eigenvalue weighted by molar-refractivity contribution is 0.0710. The van der Waals surface area contributed by atoms with Crippen molar-refractivity contribution in [1.29, 1.82) is 0 Å². The highest BCUT2D eigenvalue weighted by molar-refractivity contribution is 7.87. The van der Waals surface area contributed by atoms with Gasteiger partial charge in [-0.2, -0.15) is 8.42 Å². The molecule has 5 nitrogen and oxygen atoms in total. The molecule has 0 amide bonds. The van der Waals surface area contributed by atoms with E-state index in [0.717, 1.165) is 0 Å². The fourth-order valence-corrected chi connectivity index (χ4v) is 1.42. The first-order valence-electron chi connectivity index (χ1n) is 4.71. The lowest BCUT2D eigenvalue weighted by Gasteiger charge is -2.10. The van der Waals surface area contributed by atoms with Crippen LogP contribution in [-0.2, 0) is 15.0 Å². The molecule has 0 saturated carbocycles. The minimum absolute atomic E-state index is 0.275. The third-order valence-electron chi connectivity index (χ3n) is 1.27. The van der Waals surface area contributed by atoms with Gasteiger partial charge in [-0.1, -0.05) is 32.6 Å². The monoisotopic (exact) mass is 224 g/mol. The molecule has 0 heterocycles. The van der Waals surface area contributed by atoms with Gasteiger partial charge in [0.05, 0.1) is 6.61 Å². The summed E-state index contributed by atoms with van der Waals surface area (Å²) in [4.78, 5) is 6.80. The lowest BCUT2D eigenvalue weighted by Crippen LogP contribution is -2.38. The minimum Gasteiger partial charge on any atom is -0.286 e. The molecule has 0 unspecified atom stereocenters. The lowest BCUT2D eigenvalue weighted by atomic mass is 10.2. The van der Waals surface area contributed by atoms with E-state index in [2.05, 4.69) is 4.72 Å². The van der Waals surface area contributed by atoms with Crippen LogP contribution in [0.25, 0.3) is 0 Å². The second kappa shape index (κ2) is 6.34. The molecule has 0 rings (SSSR count). The van der Waals surface area contributed by atoms with Gasteiger partial charge in [0, 0.05) is 6.54 Å². The molecule has 0 spiro atoms. The molecule has 0 atom stereocenters. The third kappa shape index (κ3) is 8.43. The SMILES string of the molecule is CC(C)CNS(=O)(=O)NOCC(C)C. The van der Waals surface area contributed by atoms with E-state index in [1.807, 2.05) is 32.6 Å². The van der Waals surface area contributed by atoms with Crippen molar-refractivity contribution in [1.82, 2.24) is 9.61 Å². The highest BCUT2D eigenvalue weighted by atomic mass is 32.2. The zero-order valence-corrected chi connectivity index (χ0v) is 10.0. The summed E-state index contributed by atoms with van der Waals surface area (Å²) >= 11 is 0. The first kappa shape index (κ1) is 13.8. The molecule has 0 aromatic rings. The van der Waals surface area contributed by atoms with Gasteiger partial charge >= 0.3 is 0 Å². The topological polar surface area (TPSA) is 67.4 Å². The predicted octanol–water partition coefficient (Wildman–Crippen LogP) is 0.654. The van der Waals surface area contributed by atoms with Crippen LogP contribution < -0.4 is 9.61 Å². The number of nitrogens with one attached hydrogen (secondary N) is 2. The Bertz CT molecular complexity index is 237. The zero-order chi connectivity index (χ0) is 11.2. The second-order valence-corrected chi connectivity index (χ2v) is 5.50. The molecule has 0 aromatic heterocycles. The Balaban J connectivity index is 3.73. The van der Waals surface area contributed by atoms with Crippen molar-refractivity contribution in [3.05, 3.63) is 0 Å². The Hall–Kier alpha value is -0.170. The summed E-state index contributed by atoms with van der Waals surface area (Å²) in [5, 5.41) is 0. The highest BCUT2D eigenvalue weighted by Gasteiger charge is 2.09. The first-order chi connectivity index (χ1) is 6.33. The third-order valence-corrected chi connectivity index (χ3v) is 2.15. The van der Waals surface area contributed by atoms with Gasteiger partial charge in [-0.3, -0.25) is 4.84 Å². The van der Waals surface area contributed by atoms with Crippen molar-refractivity contribution in [3.63, 3.8) is 0 Å². The summed E-state index contributed by atoms with van der Waals surface area (Å²) in [6, 6.07) is 0. The van der Waals surface area contributed by atoms with Gasteiger partial charge in [-0.05, 0) is 11.8 Å². The summed E-state index contributed by atoms with van der Waals surface area (Å²) in [5.74, 6) is 0.569. The maximum atomic E-state index is 11.2. The molecule has 0 saturated heterocycles. The van der Waals surface area contributed by atoms with Gasteiger partial charge in [0.15, 0.2) is 0 Å². The minimum atomic E-state index is -3.49. The van der Waals surface area contributed by atoms with Crippen molar-refractivity contribution in [2.45, 2.75) is 27.7 Å². The van der Waals surface area contributed by atoms with Gasteiger partial charge in [-0.15, -0.1) is 0 Å². The van der Waals surface area contributed by atoms with Crippen LogP contribution in [0.15, 0.2) is 0 Å². The maximum absolute atomic E-state index is 11.2. The van der Waals surface area contributed by atoms with Crippen LogP contribution >= 0.6 is 0 Å². The van der Waals surface area contributed by atoms with Crippen LogP contribution in [-0.4, -0.2) is 21.6 Å². The van der Waals surface area contributed by atoms with Gasteiger partial charge < -0.3 is 0 Å². The van der Waals surface area contributed by atoms with E-state index in [9.17, 15) is 8.42 Å². The summed E-state index contributed by atoms with van der Waals surface area (Å²) in [5.41, 5.74) is 0. The Morgan fingerprint density at radius 3 is 2.14 bits per heavy atom. The van der Waals surface area contributed by atoms with Crippen LogP contribution in [0.2, 0.25) is 0 Å². The maximum Gasteiger partial charge on any atom is 0.299 e. The van der Waals surface area contributed by atoms with E-state index in [0.29, 0.717) is 19.1 Å². The van der Waals surface area contributed by atoms with Crippen LogP contribution in [0, 0.1) is 11.8 Å². The number of rotatable bonds is 7.